The van der Waals surface area contributed by atoms with Crippen molar-refractivity contribution in [1.29, 1.82) is 0 Å². The molecule has 0 saturated heterocycles. The van der Waals surface area contributed by atoms with Crippen LogP contribution in [0.4, 0.5) is 0 Å². The summed E-state index contributed by atoms with van der Waals surface area (Å²) in [5, 5.41) is 7.38. The largest absolute Gasteiger partial charge is 0.252 e. The summed E-state index contributed by atoms with van der Waals surface area (Å²) in [7, 11) is 0. The fourth-order valence-electron chi connectivity index (χ4n) is 0. The van der Waals surface area contributed by atoms with E-state index < -0.39 is 0 Å². The summed E-state index contributed by atoms with van der Waals surface area (Å²) in [6.45, 7) is 6.08. The lowest BCUT2D eigenvalue weighted by atomic mass is 10.9. The second-order valence-corrected chi connectivity index (χ2v) is 0.418. The quantitative estimate of drug-likeness (QED) is 0.392. The molecule has 0 saturated carbocycles. The molecule has 0 radical (unpaired) electrons. The third-order valence-electron chi connectivity index (χ3n) is 0.129. The zero-order valence-corrected chi connectivity index (χ0v) is 4.56. The number of hydrogen-bond donors (Lipinski definition) is 1. The Kier molecular flexibility index (Phi) is 31.9. The zero-order valence-electron chi connectivity index (χ0n) is 4.56. The van der Waals surface area contributed by atoms with Crippen LogP contribution in [0.1, 0.15) is 20.8 Å². The summed E-state index contributed by atoms with van der Waals surface area (Å²) < 4.78 is 0. The van der Waals surface area contributed by atoms with Gasteiger partial charge in [-0.3, -0.25) is 5.26 Å². The van der Waals surface area contributed by atoms with E-state index in [0.29, 0.717) is 6.61 Å². The first-order chi connectivity index (χ1) is 2.91. The normalized spacial score (nSPS) is 6.00. The maximum Gasteiger partial charge on any atom is 0.0791 e. The van der Waals surface area contributed by atoms with Crippen LogP contribution < -0.4 is 0 Å². The van der Waals surface area contributed by atoms with Crippen LogP contribution in [-0.4, -0.2) is 11.9 Å². The smallest absolute Gasteiger partial charge is 0.0791 e. The van der Waals surface area contributed by atoms with Gasteiger partial charge in [0.05, 0.1) is 6.61 Å². The topological polar surface area (TPSA) is 29.5 Å². The third kappa shape index (κ3) is 39.5. The van der Waals surface area contributed by atoms with Crippen molar-refractivity contribution in [2.45, 2.75) is 20.8 Å². The van der Waals surface area contributed by atoms with Crippen molar-refractivity contribution in [3.8, 4) is 0 Å². The molecule has 0 heterocycles. The molecule has 1 N–H and O–H groups in total. The van der Waals surface area contributed by atoms with E-state index in [4.69, 9.17) is 5.26 Å². The van der Waals surface area contributed by atoms with Gasteiger partial charge in [0, 0.05) is 0 Å². The van der Waals surface area contributed by atoms with Gasteiger partial charge in [-0.05, 0) is 6.92 Å². The van der Waals surface area contributed by atoms with Crippen LogP contribution in [0.5, 0.6) is 0 Å². The van der Waals surface area contributed by atoms with Crippen LogP contribution in [0.25, 0.3) is 0 Å². The fraction of sp³-hybridized carbons (Fsp3) is 1.00. The highest BCUT2D eigenvalue weighted by atomic mass is 17.1. The third-order valence-corrected chi connectivity index (χ3v) is 0.129. The molecule has 0 unspecified atom stereocenters. The first kappa shape index (κ1) is 9.33. The molecular weight excluding hydrogens is 80.0 g/mol. The Morgan fingerprint density at radius 3 is 1.67 bits per heavy atom. The van der Waals surface area contributed by atoms with Crippen molar-refractivity contribution in [1.82, 2.24) is 0 Å². The minimum absolute atomic E-state index is 0.375. The summed E-state index contributed by atoms with van der Waals surface area (Å²) in [6.07, 6.45) is 0. The molecule has 0 atom stereocenters. The Morgan fingerprint density at radius 1 is 1.50 bits per heavy atom. The van der Waals surface area contributed by atoms with Crippen molar-refractivity contribution in [2.75, 3.05) is 6.61 Å². The maximum atomic E-state index is 7.38. The monoisotopic (exact) mass is 92.1 g/mol. The molecule has 0 bridgehead atoms. The predicted molar refractivity (Wildman–Crippen MR) is 25.6 cm³/mol. The summed E-state index contributed by atoms with van der Waals surface area (Å²) in [4.78, 5) is 3.54. The molecular formula is C4H12O2. The second-order valence-electron chi connectivity index (χ2n) is 0.418. The van der Waals surface area contributed by atoms with E-state index in [9.17, 15) is 0 Å². The van der Waals surface area contributed by atoms with E-state index in [0.717, 1.165) is 0 Å². The molecule has 0 spiro atoms. The molecule has 0 aliphatic heterocycles. The highest BCUT2D eigenvalue weighted by Crippen LogP contribution is 1.51. The molecule has 6 heavy (non-hydrogen) atoms. The van der Waals surface area contributed by atoms with Gasteiger partial charge >= 0.3 is 0 Å². The van der Waals surface area contributed by atoms with E-state index in [1.165, 1.54) is 0 Å². The van der Waals surface area contributed by atoms with E-state index in [-0.39, 0.29) is 0 Å². The second kappa shape index (κ2) is 20.5. The van der Waals surface area contributed by atoms with Crippen molar-refractivity contribution in [3.63, 3.8) is 0 Å². The van der Waals surface area contributed by atoms with Gasteiger partial charge in [0.1, 0.15) is 0 Å². The summed E-state index contributed by atoms with van der Waals surface area (Å²) in [6, 6.07) is 0. The van der Waals surface area contributed by atoms with Crippen LogP contribution in [0.15, 0.2) is 0 Å². The van der Waals surface area contributed by atoms with E-state index in [1.54, 1.807) is 6.92 Å². The van der Waals surface area contributed by atoms with Crippen LogP contribution in [0.2, 0.25) is 0 Å². The minimum atomic E-state index is 0.375. The van der Waals surface area contributed by atoms with Gasteiger partial charge < -0.3 is 0 Å². The molecule has 0 aromatic heterocycles. The van der Waals surface area contributed by atoms with Gasteiger partial charge in [-0.15, -0.1) is 0 Å². The molecule has 2 nitrogen and oxygen atoms in total. The van der Waals surface area contributed by atoms with Gasteiger partial charge in [0.15, 0.2) is 0 Å². The van der Waals surface area contributed by atoms with Crippen molar-refractivity contribution >= 4 is 0 Å². The molecule has 0 aromatic carbocycles. The van der Waals surface area contributed by atoms with Crippen molar-refractivity contribution in [3.05, 3.63) is 0 Å². The molecule has 0 aliphatic carbocycles. The van der Waals surface area contributed by atoms with Crippen molar-refractivity contribution < 1.29 is 10.1 Å². The predicted octanol–water partition coefficient (Wildman–Crippen LogP) is 1.52. The molecule has 2 heteroatoms. The maximum absolute atomic E-state index is 7.38. The Hall–Kier alpha value is -0.0800. The molecule has 0 amide bonds. The molecule has 0 rings (SSSR count). The average Bonchev–Trinajstić information content (AvgIpc) is 1.72. The van der Waals surface area contributed by atoms with Gasteiger partial charge in [-0.25, -0.2) is 4.89 Å². The minimum Gasteiger partial charge on any atom is -0.252 e. The lowest BCUT2D eigenvalue weighted by Gasteiger charge is -1.73. The molecule has 0 fully saturated rings. The van der Waals surface area contributed by atoms with Crippen LogP contribution in [0, 0.1) is 0 Å². The van der Waals surface area contributed by atoms with E-state index in [2.05, 4.69) is 4.89 Å². The zero-order chi connectivity index (χ0) is 5.41. The lowest BCUT2D eigenvalue weighted by Crippen LogP contribution is -1.74. The molecule has 40 valence electrons. The van der Waals surface area contributed by atoms with Crippen LogP contribution >= 0.6 is 0 Å². The Morgan fingerprint density at radius 2 is 1.67 bits per heavy atom. The highest BCUT2D eigenvalue weighted by Gasteiger charge is 1.54. The first-order valence-corrected chi connectivity index (χ1v) is 2.18. The SMILES string of the molecule is CC.CCOO. The van der Waals surface area contributed by atoms with E-state index >= 15 is 0 Å². The summed E-state index contributed by atoms with van der Waals surface area (Å²) in [5.74, 6) is 0. The Labute approximate surface area is 38.7 Å². The lowest BCUT2D eigenvalue weighted by molar-refractivity contribution is -0.237. The summed E-state index contributed by atoms with van der Waals surface area (Å²) in [5.41, 5.74) is 0. The number of rotatable bonds is 1. The average molecular weight is 92.1 g/mol. The fourth-order valence-corrected chi connectivity index (χ4v) is 0. The van der Waals surface area contributed by atoms with Crippen molar-refractivity contribution in [2.24, 2.45) is 0 Å². The molecule has 0 aromatic rings. The van der Waals surface area contributed by atoms with Crippen LogP contribution in [0.3, 0.4) is 0 Å². The molecule has 0 aliphatic rings. The van der Waals surface area contributed by atoms with Gasteiger partial charge in [-0.1, -0.05) is 13.8 Å². The first-order valence-electron chi connectivity index (χ1n) is 2.18. The standard InChI is InChI=1S/C2H6O2.C2H6/c1-2-4-3;1-2/h3H,2H2,1H3;1-2H3. The Balaban J connectivity index is 0. The van der Waals surface area contributed by atoms with Gasteiger partial charge in [-0.2, -0.15) is 0 Å². The van der Waals surface area contributed by atoms with E-state index in [1.807, 2.05) is 13.8 Å². The summed E-state index contributed by atoms with van der Waals surface area (Å²) >= 11 is 0. The van der Waals surface area contributed by atoms with Gasteiger partial charge in [0.2, 0.25) is 0 Å². The number of hydrogen-bond acceptors (Lipinski definition) is 2. The Bertz CT molecular complexity index is 7.51. The highest BCUT2D eigenvalue weighted by molar-refractivity contribution is 3.88. The van der Waals surface area contributed by atoms with Gasteiger partial charge in [0.25, 0.3) is 0 Å². The van der Waals surface area contributed by atoms with Crippen LogP contribution in [-0.2, 0) is 4.89 Å².